The van der Waals surface area contributed by atoms with Gasteiger partial charge in [-0.3, -0.25) is 19.8 Å². The van der Waals surface area contributed by atoms with Crippen LogP contribution in [0.5, 0.6) is 0 Å². The van der Waals surface area contributed by atoms with Gasteiger partial charge in [0.05, 0.1) is 22.3 Å². The number of hydrogen-bond donors (Lipinski definition) is 3. The normalized spacial score (nSPS) is 19.0. The average Bonchev–Trinajstić information content (AvgIpc) is 3.40. The molecule has 1 unspecified atom stereocenters. The minimum Gasteiger partial charge on any atom is -0.392 e. The maximum atomic E-state index is 13.0. The van der Waals surface area contributed by atoms with Crippen molar-refractivity contribution in [3.05, 3.63) is 99.6 Å². The Hall–Kier alpha value is -4.01. The SMILES string of the molecule is O=C1Nc2ccc([N+](=O)[O-])cc2C1=C(Nc1ccc(CN2CCC(O)C2)cc1)c1ccccc1. The Morgan fingerprint density at radius 3 is 2.56 bits per heavy atom. The zero-order valence-corrected chi connectivity index (χ0v) is 18.4. The Labute approximate surface area is 196 Å². The molecule has 5 rings (SSSR count). The van der Waals surface area contributed by atoms with E-state index in [1.54, 1.807) is 6.07 Å². The number of benzene rings is 3. The second kappa shape index (κ2) is 9.09. The lowest BCUT2D eigenvalue weighted by Gasteiger charge is -2.17. The minimum atomic E-state index is -0.464. The second-order valence-electron chi connectivity index (χ2n) is 8.56. The molecule has 0 bridgehead atoms. The van der Waals surface area contributed by atoms with Crippen molar-refractivity contribution >= 4 is 34.2 Å². The number of likely N-dealkylation sites (tertiary alicyclic amines) is 1. The van der Waals surface area contributed by atoms with Crippen molar-refractivity contribution in [3.63, 3.8) is 0 Å². The summed E-state index contributed by atoms with van der Waals surface area (Å²) in [5.41, 5.74) is 4.63. The summed E-state index contributed by atoms with van der Waals surface area (Å²) in [4.78, 5) is 26.1. The van der Waals surface area contributed by atoms with E-state index in [0.29, 0.717) is 29.1 Å². The van der Waals surface area contributed by atoms with Crippen molar-refractivity contribution in [2.75, 3.05) is 23.7 Å². The first kappa shape index (κ1) is 21.8. The Kier molecular flexibility index (Phi) is 5.83. The smallest absolute Gasteiger partial charge is 0.270 e. The van der Waals surface area contributed by atoms with E-state index in [1.807, 2.05) is 54.6 Å². The van der Waals surface area contributed by atoms with Gasteiger partial charge in [-0.15, -0.1) is 0 Å². The van der Waals surface area contributed by atoms with Crippen molar-refractivity contribution in [2.24, 2.45) is 0 Å². The molecule has 0 saturated carbocycles. The standard InChI is InChI=1S/C26H24N4O4/c31-21-12-13-29(16-21)15-17-6-8-19(9-7-17)27-25(18-4-2-1-3-5-18)24-22-14-20(30(33)34)10-11-23(22)28-26(24)32/h1-11,14,21,27,31H,12-13,15-16H2,(H,28,32). The topological polar surface area (TPSA) is 108 Å². The highest BCUT2D eigenvalue weighted by atomic mass is 16.6. The summed E-state index contributed by atoms with van der Waals surface area (Å²) in [6, 6.07) is 21.8. The highest BCUT2D eigenvalue weighted by Crippen LogP contribution is 2.39. The fourth-order valence-electron chi connectivity index (χ4n) is 4.45. The molecule has 2 heterocycles. The molecule has 34 heavy (non-hydrogen) atoms. The monoisotopic (exact) mass is 456 g/mol. The molecule has 2 aliphatic heterocycles. The van der Waals surface area contributed by atoms with Crippen LogP contribution >= 0.6 is 0 Å². The van der Waals surface area contributed by atoms with Gasteiger partial charge in [0.1, 0.15) is 0 Å². The van der Waals surface area contributed by atoms with Crippen molar-refractivity contribution < 1.29 is 14.8 Å². The number of rotatable bonds is 6. The predicted molar refractivity (Wildman–Crippen MR) is 131 cm³/mol. The number of aliphatic hydroxyl groups excluding tert-OH is 1. The van der Waals surface area contributed by atoms with Gasteiger partial charge < -0.3 is 15.7 Å². The summed E-state index contributed by atoms with van der Waals surface area (Å²) in [6.45, 7) is 2.33. The van der Waals surface area contributed by atoms with Gasteiger partial charge in [0, 0.05) is 48.7 Å². The highest BCUT2D eigenvalue weighted by molar-refractivity contribution is 6.37. The molecule has 3 N–H and O–H groups in total. The van der Waals surface area contributed by atoms with Crippen molar-refractivity contribution in [3.8, 4) is 0 Å². The second-order valence-corrected chi connectivity index (χ2v) is 8.56. The van der Waals surface area contributed by atoms with E-state index < -0.39 is 4.92 Å². The predicted octanol–water partition coefficient (Wildman–Crippen LogP) is 4.09. The first-order valence-corrected chi connectivity index (χ1v) is 11.1. The number of β-amino-alcohol motifs (C(OH)–C–C–N with tert-alkyl or cyclic N) is 1. The Morgan fingerprint density at radius 1 is 1.12 bits per heavy atom. The number of aliphatic hydroxyl groups is 1. The molecule has 172 valence electrons. The molecule has 0 spiro atoms. The van der Waals surface area contributed by atoms with Crippen LogP contribution in [-0.2, 0) is 11.3 Å². The Bertz CT molecular complexity index is 1270. The maximum Gasteiger partial charge on any atom is 0.270 e. The molecule has 3 aromatic carbocycles. The van der Waals surface area contributed by atoms with Crippen LogP contribution < -0.4 is 10.6 Å². The first-order chi connectivity index (χ1) is 16.5. The number of carbonyl (C=O) groups excluding carboxylic acids is 1. The molecule has 1 fully saturated rings. The lowest BCUT2D eigenvalue weighted by atomic mass is 9.99. The van der Waals surface area contributed by atoms with E-state index in [0.717, 1.165) is 36.3 Å². The molecule has 8 heteroatoms. The molecule has 0 aliphatic carbocycles. The molecule has 2 aliphatic rings. The lowest BCUT2D eigenvalue weighted by molar-refractivity contribution is -0.384. The average molecular weight is 457 g/mol. The molecule has 0 radical (unpaired) electrons. The summed E-state index contributed by atoms with van der Waals surface area (Å²) in [7, 11) is 0. The molecule has 0 aromatic heterocycles. The number of carbonyl (C=O) groups is 1. The lowest BCUT2D eigenvalue weighted by Crippen LogP contribution is -2.21. The van der Waals surface area contributed by atoms with Crippen molar-refractivity contribution in [1.29, 1.82) is 0 Å². The van der Waals surface area contributed by atoms with Gasteiger partial charge in [-0.05, 0) is 35.7 Å². The van der Waals surface area contributed by atoms with E-state index in [2.05, 4.69) is 15.5 Å². The van der Waals surface area contributed by atoms with Crippen LogP contribution in [0.2, 0.25) is 0 Å². The van der Waals surface area contributed by atoms with Crippen molar-refractivity contribution in [1.82, 2.24) is 4.90 Å². The molecule has 1 saturated heterocycles. The number of nitro groups is 1. The Balaban J connectivity index is 1.50. The summed E-state index contributed by atoms with van der Waals surface area (Å²) in [6.07, 6.45) is 0.548. The summed E-state index contributed by atoms with van der Waals surface area (Å²) in [5.74, 6) is -0.314. The van der Waals surface area contributed by atoms with E-state index in [9.17, 15) is 20.0 Å². The fourth-order valence-corrected chi connectivity index (χ4v) is 4.45. The Morgan fingerprint density at radius 2 is 1.88 bits per heavy atom. The maximum absolute atomic E-state index is 13.0. The third-order valence-corrected chi connectivity index (χ3v) is 6.15. The fraction of sp³-hybridized carbons (Fsp3) is 0.192. The summed E-state index contributed by atoms with van der Waals surface area (Å²) in [5, 5.41) is 27.3. The first-order valence-electron chi connectivity index (χ1n) is 11.1. The minimum absolute atomic E-state index is 0.0726. The third-order valence-electron chi connectivity index (χ3n) is 6.15. The van der Waals surface area contributed by atoms with Crippen LogP contribution in [0.4, 0.5) is 17.1 Å². The molecular weight excluding hydrogens is 432 g/mol. The molecule has 3 aromatic rings. The van der Waals surface area contributed by atoms with Gasteiger partial charge in [-0.25, -0.2) is 0 Å². The quantitative estimate of drug-likeness (QED) is 0.293. The van der Waals surface area contributed by atoms with Gasteiger partial charge in [0.25, 0.3) is 11.6 Å². The van der Waals surface area contributed by atoms with E-state index in [4.69, 9.17) is 0 Å². The van der Waals surface area contributed by atoms with Crippen LogP contribution in [-0.4, -0.2) is 40.0 Å². The largest absolute Gasteiger partial charge is 0.392 e. The molecule has 8 nitrogen and oxygen atoms in total. The van der Waals surface area contributed by atoms with E-state index in [1.165, 1.54) is 12.1 Å². The number of fused-ring (bicyclic) bond motifs is 1. The highest BCUT2D eigenvalue weighted by Gasteiger charge is 2.30. The molecule has 1 atom stereocenters. The number of nitrogens with zero attached hydrogens (tertiary/aromatic N) is 2. The van der Waals surface area contributed by atoms with Crippen molar-refractivity contribution in [2.45, 2.75) is 19.1 Å². The summed E-state index contributed by atoms with van der Waals surface area (Å²) >= 11 is 0. The van der Waals surface area contributed by atoms with Crippen LogP contribution in [0.25, 0.3) is 11.3 Å². The van der Waals surface area contributed by atoms with Crippen LogP contribution in [0, 0.1) is 10.1 Å². The zero-order chi connectivity index (χ0) is 23.7. The van der Waals surface area contributed by atoms with Gasteiger partial charge in [-0.2, -0.15) is 0 Å². The van der Waals surface area contributed by atoms with Crippen LogP contribution in [0.15, 0.2) is 72.8 Å². The number of hydrogen-bond acceptors (Lipinski definition) is 6. The van der Waals surface area contributed by atoms with Crippen LogP contribution in [0.1, 0.15) is 23.1 Å². The van der Waals surface area contributed by atoms with Gasteiger partial charge in [0.2, 0.25) is 0 Å². The van der Waals surface area contributed by atoms with Gasteiger partial charge in [-0.1, -0.05) is 42.5 Å². The third kappa shape index (κ3) is 4.41. The number of nitrogens with one attached hydrogen (secondary N) is 2. The zero-order valence-electron chi connectivity index (χ0n) is 18.4. The summed E-state index contributed by atoms with van der Waals surface area (Å²) < 4.78 is 0. The number of amides is 1. The molecular formula is C26H24N4O4. The van der Waals surface area contributed by atoms with E-state index in [-0.39, 0.29) is 17.7 Å². The van der Waals surface area contributed by atoms with Crippen LogP contribution in [0.3, 0.4) is 0 Å². The number of non-ortho nitro benzene ring substituents is 1. The van der Waals surface area contributed by atoms with Gasteiger partial charge in [0.15, 0.2) is 0 Å². The number of nitro benzene ring substituents is 1. The van der Waals surface area contributed by atoms with E-state index >= 15 is 0 Å². The van der Waals surface area contributed by atoms with Gasteiger partial charge >= 0.3 is 0 Å². The molecule has 1 amide bonds. The number of anilines is 2.